The molecule has 0 saturated carbocycles. The third kappa shape index (κ3) is 7.20. The fraction of sp³-hybridized carbons (Fsp3) is 0.381. The first-order chi connectivity index (χ1) is 13.2. The lowest BCUT2D eigenvalue weighted by Crippen LogP contribution is -2.38. The van der Waals surface area contributed by atoms with Gasteiger partial charge in [-0.1, -0.05) is 30.3 Å². The van der Waals surface area contributed by atoms with E-state index in [2.05, 4.69) is 15.6 Å². The Kier molecular flexibility index (Phi) is 11.4. The van der Waals surface area contributed by atoms with E-state index in [4.69, 9.17) is 9.47 Å². The van der Waals surface area contributed by atoms with Gasteiger partial charge in [-0.15, -0.1) is 24.0 Å². The lowest BCUT2D eigenvalue weighted by Gasteiger charge is -2.13. The number of aliphatic hydroxyl groups excluding tert-OH is 1. The quantitative estimate of drug-likeness (QED) is 0.281. The van der Waals surface area contributed by atoms with E-state index in [1.165, 1.54) is 0 Å². The van der Waals surface area contributed by atoms with Crippen LogP contribution in [0.15, 0.2) is 47.5 Å². The first kappa shape index (κ1) is 24.0. The summed E-state index contributed by atoms with van der Waals surface area (Å²) in [4.78, 5) is 4.62. The van der Waals surface area contributed by atoms with Gasteiger partial charge in [0.1, 0.15) is 0 Å². The number of aliphatic imine (C=N–C) groups is 1. The van der Waals surface area contributed by atoms with Crippen molar-refractivity contribution in [2.75, 3.05) is 27.3 Å². The minimum absolute atomic E-state index is 0. The average molecular weight is 499 g/mol. The Morgan fingerprint density at radius 3 is 2.36 bits per heavy atom. The lowest BCUT2D eigenvalue weighted by molar-refractivity contribution is 0.280. The first-order valence-corrected chi connectivity index (χ1v) is 9.12. The molecule has 0 spiro atoms. The molecule has 0 aromatic heterocycles. The topological polar surface area (TPSA) is 75.1 Å². The molecule has 2 aromatic rings. The normalized spacial score (nSPS) is 10.8. The maximum Gasteiger partial charge on any atom is 0.191 e. The highest BCUT2D eigenvalue weighted by atomic mass is 127. The molecule has 2 rings (SSSR count). The van der Waals surface area contributed by atoms with E-state index in [-0.39, 0.29) is 30.6 Å². The Morgan fingerprint density at radius 2 is 1.71 bits per heavy atom. The highest BCUT2D eigenvalue weighted by Crippen LogP contribution is 2.27. The number of aliphatic hydroxyl groups is 1. The highest BCUT2D eigenvalue weighted by molar-refractivity contribution is 14.0. The molecule has 7 heteroatoms. The number of rotatable bonds is 9. The van der Waals surface area contributed by atoms with Crippen molar-refractivity contribution in [2.24, 2.45) is 4.99 Å². The summed E-state index contributed by atoms with van der Waals surface area (Å²) >= 11 is 0. The fourth-order valence-electron chi connectivity index (χ4n) is 2.73. The summed E-state index contributed by atoms with van der Waals surface area (Å²) in [5, 5.41) is 16.0. The molecule has 28 heavy (non-hydrogen) atoms. The van der Waals surface area contributed by atoms with Crippen molar-refractivity contribution >= 4 is 29.9 Å². The molecule has 0 aliphatic rings. The Morgan fingerprint density at radius 1 is 1.00 bits per heavy atom. The SMILES string of the molecule is CCNC(=NCc1ccccc1CO)NCCc1ccc(OC)c(OC)c1.I. The minimum Gasteiger partial charge on any atom is -0.493 e. The van der Waals surface area contributed by atoms with Crippen LogP contribution in [0.5, 0.6) is 11.5 Å². The van der Waals surface area contributed by atoms with Gasteiger partial charge in [0.15, 0.2) is 17.5 Å². The molecule has 0 radical (unpaired) electrons. The molecule has 0 aliphatic heterocycles. The van der Waals surface area contributed by atoms with Gasteiger partial charge in [-0.3, -0.25) is 0 Å². The third-order valence-electron chi connectivity index (χ3n) is 4.19. The van der Waals surface area contributed by atoms with Gasteiger partial charge in [0, 0.05) is 13.1 Å². The number of hydrogen-bond acceptors (Lipinski definition) is 4. The number of nitrogens with one attached hydrogen (secondary N) is 2. The zero-order valence-corrected chi connectivity index (χ0v) is 19.0. The second-order valence-electron chi connectivity index (χ2n) is 5.99. The van der Waals surface area contributed by atoms with Crippen molar-refractivity contribution in [3.05, 3.63) is 59.2 Å². The van der Waals surface area contributed by atoms with Crippen LogP contribution < -0.4 is 20.1 Å². The van der Waals surface area contributed by atoms with Crippen molar-refractivity contribution in [3.63, 3.8) is 0 Å². The molecule has 0 amide bonds. The molecule has 0 bridgehead atoms. The number of benzene rings is 2. The monoisotopic (exact) mass is 499 g/mol. The number of ether oxygens (including phenoxy) is 2. The van der Waals surface area contributed by atoms with Crippen LogP contribution >= 0.6 is 24.0 Å². The van der Waals surface area contributed by atoms with Crippen LogP contribution in [0.4, 0.5) is 0 Å². The van der Waals surface area contributed by atoms with E-state index in [1.54, 1.807) is 14.2 Å². The third-order valence-corrected chi connectivity index (χ3v) is 4.19. The van der Waals surface area contributed by atoms with E-state index in [1.807, 2.05) is 49.4 Å². The largest absolute Gasteiger partial charge is 0.493 e. The van der Waals surface area contributed by atoms with Gasteiger partial charge in [-0.05, 0) is 42.2 Å². The zero-order valence-electron chi connectivity index (χ0n) is 16.7. The summed E-state index contributed by atoms with van der Waals surface area (Å²) < 4.78 is 10.6. The van der Waals surface area contributed by atoms with E-state index < -0.39 is 0 Å². The maximum absolute atomic E-state index is 9.44. The van der Waals surface area contributed by atoms with Gasteiger partial charge >= 0.3 is 0 Å². The standard InChI is InChI=1S/C21H29N3O3.HI/c1-4-22-21(24-14-17-7-5-6-8-18(17)15-25)23-12-11-16-9-10-19(26-2)20(13-16)27-3;/h5-10,13,25H,4,11-12,14-15H2,1-3H3,(H2,22,23,24);1H. The van der Waals surface area contributed by atoms with Crippen molar-refractivity contribution in [3.8, 4) is 11.5 Å². The van der Waals surface area contributed by atoms with Crippen LogP contribution in [0.25, 0.3) is 0 Å². The van der Waals surface area contributed by atoms with E-state index in [0.717, 1.165) is 53.7 Å². The molecule has 0 fully saturated rings. The molecule has 0 aliphatic carbocycles. The van der Waals surface area contributed by atoms with Crippen LogP contribution in [0.2, 0.25) is 0 Å². The van der Waals surface area contributed by atoms with E-state index >= 15 is 0 Å². The van der Waals surface area contributed by atoms with Crippen LogP contribution in [-0.4, -0.2) is 38.4 Å². The smallest absolute Gasteiger partial charge is 0.191 e. The molecular weight excluding hydrogens is 469 g/mol. The second kappa shape index (κ2) is 13.2. The molecular formula is C21H30IN3O3. The highest BCUT2D eigenvalue weighted by Gasteiger charge is 2.05. The molecule has 154 valence electrons. The molecule has 0 atom stereocenters. The zero-order chi connectivity index (χ0) is 19.5. The summed E-state index contributed by atoms with van der Waals surface area (Å²) in [6.45, 7) is 4.09. The predicted molar refractivity (Wildman–Crippen MR) is 124 cm³/mol. The summed E-state index contributed by atoms with van der Waals surface area (Å²) in [6.07, 6.45) is 0.831. The van der Waals surface area contributed by atoms with Gasteiger partial charge in [-0.25, -0.2) is 4.99 Å². The van der Waals surface area contributed by atoms with Crippen LogP contribution in [0.3, 0.4) is 0 Å². The van der Waals surface area contributed by atoms with E-state index in [0.29, 0.717) is 6.54 Å². The first-order valence-electron chi connectivity index (χ1n) is 9.12. The van der Waals surface area contributed by atoms with Gasteiger partial charge in [0.2, 0.25) is 0 Å². The predicted octanol–water partition coefficient (Wildman–Crippen LogP) is 3.11. The molecule has 0 saturated heterocycles. The molecule has 6 nitrogen and oxygen atoms in total. The number of methoxy groups -OCH3 is 2. The maximum atomic E-state index is 9.44. The Hall–Kier alpha value is -2.00. The average Bonchev–Trinajstić information content (AvgIpc) is 2.72. The van der Waals surface area contributed by atoms with Crippen molar-refractivity contribution in [1.29, 1.82) is 0 Å². The van der Waals surface area contributed by atoms with Crippen LogP contribution in [0.1, 0.15) is 23.6 Å². The van der Waals surface area contributed by atoms with Crippen LogP contribution in [-0.2, 0) is 19.6 Å². The second-order valence-corrected chi connectivity index (χ2v) is 5.99. The lowest BCUT2D eigenvalue weighted by atomic mass is 10.1. The summed E-state index contributed by atoms with van der Waals surface area (Å²) in [5.41, 5.74) is 3.08. The van der Waals surface area contributed by atoms with Gasteiger partial charge in [0.05, 0.1) is 27.4 Å². The van der Waals surface area contributed by atoms with Gasteiger partial charge in [0.25, 0.3) is 0 Å². The number of nitrogens with zero attached hydrogens (tertiary/aromatic N) is 1. The number of hydrogen-bond donors (Lipinski definition) is 3. The van der Waals surface area contributed by atoms with Crippen molar-refractivity contribution < 1.29 is 14.6 Å². The summed E-state index contributed by atoms with van der Waals surface area (Å²) in [6, 6.07) is 13.7. The molecule has 2 aromatic carbocycles. The Labute approximate surface area is 184 Å². The minimum atomic E-state index is 0. The number of halogens is 1. The number of guanidine groups is 1. The molecule has 0 heterocycles. The molecule has 3 N–H and O–H groups in total. The van der Waals surface area contributed by atoms with Crippen LogP contribution in [0, 0.1) is 0 Å². The van der Waals surface area contributed by atoms with Gasteiger partial charge in [-0.2, -0.15) is 0 Å². The summed E-state index contributed by atoms with van der Waals surface area (Å²) in [7, 11) is 3.27. The Balaban J connectivity index is 0.00000392. The fourth-order valence-corrected chi connectivity index (χ4v) is 2.73. The van der Waals surface area contributed by atoms with Crippen molar-refractivity contribution in [1.82, 2.24) is 10.6 Å². The van der Waals surface area contributed by atoms with Crippen molar-refractivity contribution in [2.45, 2.75) is 26.5 Å². The molecule has 0 unspecified atom stereocenters. The van der Waals surface area contributed by atoms with E-state index in [9.17, 15) is 5.11 Å². The summed E-state index contributed by atoms with van der Waals surface area (Å²) in [5.74, 6) is 2.22. The van der Waals surface area contributed by atoms with Gasteiger partial charge < -0.3 is 25.2 Å². The Bertz CT molecular complexity index is 753.